The second-order valence-corrected chi connectivity index (χ2v) is 5.21. The highest BCUT2D eigenvalue weighted by molar-refractivity contribution is 4.82. The Morgan fingerprint density at radius 1 is 1.47 bits per heavy atom. The van der Waals surface area contributed by atoms with Gasteiger partial charge in [-0.3, -0.25) is 0 Å². The van der Waals surface area contributed by atoms with Crippen LogP contribution in [-0.2, 0) is 0 Å². The van der Waals surface area contributed by atoms with Crippen molar-refractivity contribution in [2.75, 3.05) is 33.3 Å². The lowest BCUT2D eigenvalue weighted by Gasteiger charge is -2.26. The zero-order valence-corrected chi connectivity index (χ0v) is 10.4. The summed E-state index contributed by atoms with van der Waals surface area (Å²) in [7, 11) is 2.20. The van der Waals surface area contributed by atoms with Crippen LogP contribution in [0.15, 0.2) is 0 Å². The molecular formula is C12H26N2O. The number of hydrogen-bond acceptors (Lipinski definition) is 3. The van der Waals surface area contributed by atoms with Crippen LogP contribution in [0.3, 0.4) is 0 Å². The van der Waals surface area contributed by atoms with Crippen molar-refractivity contribution in [3.63, 3.8) is 0 Å². The van der Waals surface area contributed by atoms with E-state index in [9.17, 15) is 5.11 Å². The predicted molar refractivity (Wildman–Crippen MR) is 64.0 cm³/mol. The molecule has 3 nitrogen and oxygen atoms in total. The third-order valence-corrected chi connectivity index (χ3v) is 3.60. The van der Waals surface area contributed by atoms with E-state index in [1.165, 1.54) is 12.8 Å². The second kappa shape index (κ2) is 5.83. The normalized spacial score (nSPS) is 20.6. The minimum Gasteiger partial charge on any atom is -0.396 e. The van der Waals surface area contributed by atoms with Gasteiger partial charge in [-0.1, -0.05) is 13.8 Å². The zero-order valence-electron chi connectivity index (χ0n) is 10.4. The van der Waals surface area contributed by atoms with E-state index in [0.717, 1.165) is 32.1 Å². The van der Waals surface area contributed by atoms with E-state index >= 15 is 0 Å². The van der Waals surface area contributed by atoms with E-state index in [2.05, 4.69) is 31.1 Å². The molecule has 1 aliphatic carbocycles. The number of nitrogens with one attached hydrogen (secondary N) is 1. The van der Waals surface area contributed by atoms with Crippen molar-refractivity contribution < 1.29 is 5.11 Å². The summed E-state index contributed by atoms with van der Waals surface area (Å²) in [5.41, 5.74) is 0.0537. The maximum atomic E-state index is 9.24. The molecule has 0 bridgehead atoms. The highest BCUT2D eigenvalue weighted by Gasteiger charge is 2.25. The lowest BCUT2D eigenvalue weighted by atomic mass is 9.89. The molecule has 3 heteroatoms. The summed E-state index contributed by atoms with van der Waals surface area (Å²) in [4.78, 5) is 2.43. The Hall–Kier alpha value is -0.120. The van der Waals surface area contributed by atoms with Gasteiger partial charge in [0.2, 0.25) is 0 Å². The van der Waals surface area contributed by atoms with Crippen molar-refractivity contribution in [2.45, 2.75) is 39.2 Å². The predicted octanol–water partition coefficient (Wildman–Crippen LogP) is 1.08. The highest BCUT2D eigenvalue weighted by Crippen LogP contribution is 2.24. The monoisotopic (exact) mass is 214 g/mol. The average Bonchev–Trinajstić information content (AvgIpc) is 3.07. The van der Waals surface area contributed by atoms with Crippen LogP contribution in [0.25, 0.3) is 0 Å². The van der Waals surface area contributed by atoms with Gasteiger partial charge in [-0.15, -0.1) is 0 Å². The molecular weight excluding hydrogens is 188 g/mol. The Kier molecular flexibility index (Phi) is 5.03. The number of likely N-dealkylation sites (N-methyl/N-ethyl adjacent to an activating group) is 1. The van der Waals surface area contributed by atoms with Crippen molar-refractivity contribution >= 4 is 0 Å². The van der Waals surface area contributed by atoms with E-state index in [1.807, 2.05) is 0 Å². The van der Waals surface area contributed by atoms with Gasteiger partial charge >= 0.3 is 0 Å². The Balaban J connectivity index is 2.04. The molecule has 0 aliphatic heterocycles. The van der Waals surface area contributed by atoms with Gasteiger partial charge in [0, 0.05) is 37.7 Å². The van der Waals surface area contributed by atoms with Gasteiger partial charge in [0.25, 0.3) is 0 Å². The molecule has 0 heterocycles. The Morgan fingerprint density at radius 2 is 2.13 bits per heavy atom. The van der Waals surface area contributed by atoms with Crippen molar-refractivity contribution in [1.29, 1.82) is 0 Å². The SMILES string of the molecule is CCC(C)(CO)CNCCN(C)C1CC1. The Morgan fingerprint density at radius 3 is 2.60 bits per heavy atom. The third kappa shape index (κ3) is 4.49. The third-order valence-electron chi connectivity index (χ3n) is 3.60. The minimum absolute atomic E-state index is 0.0537. The summed E-state index contributed by atoms with van der Waals surface area (Å²) in [5.74, 6) is 0. The number of rotatable bonds is 8. The molecule has 0 spiro atoms. The molecule has 90 valence electrons. The standard InChI is InChI=1S/C12H26N2O/c1-4-12(2,10-15)9-13-7-8-14(3)11-5-6-11/h11,13,15H,4-10H2,1-3H3. The van der Waals surface area contributed by atoms with Gasteiger partial charge in [0.1, 0.15) is 0 Å². The van der Waals surface area contributed by atoms with E-state index in [-0.39, 0.29) is 12.0 Å². The summed E-state index contributed by atoms with van der Waals surface area (Å²) in [5, 5.41) is 12.7. The highest BCUT2D eigenvalue weighted by atomic mass is 16.3. The fraction of sp³-hybridized carbons (Fsp3) is 1.00. The summed E-state index contributed by atoms with van der Waals surface area (Å²) in [6.45, 7) is 7.60. The summed E-state index contributed by atoms with van der Waals surface area (Å²) >= 11 is 0. The molecule has 1 rings (SSSR count). The van der Waals surface area contributed by atoms with Gasteiger partial charge in [-0.2, -0.15) is 0 Å². The molecule has 0 radical (unpaired) electrons. The molecule has 0 aromatic rings. The molecule has 0 amide bonds. The molecule has 15 heavy (non-hydrogen) atoms. The molecule has 1 aliphatic rings. The molecule has 1 unspecified atom stereocenters. The van der Waals surface area contributed by atoms with Crippen molar-refractivity contribution in [3.8, 4) is 0 Å². The topological polar surface area (TPSA) is 35.5 Å². The van der Waals surface area contributed by atoms with Crippen LogP contribution in [0.4, 0.5) is 0 Å². The number of aliphatic hydroxyl groups excluding tert-OH is 1. The van der Waals surface area contributed by atoms with E-state index in [4.69, 9.17) is 0 Å². The van der Waals surface area contributed by atoms with Gasteiger partial charge < -0.3 is 15.3 Å². The molecule has 0 aromatic heterocycles. The fourth-order valence-corrected chi connectivity index (χ4v) is 1.64. The number of nitrogens with zero attached hydrogens (tertiary/aromatic N) is 1. The fourth-order valence-electron chi connectivity index (χ4n) is 1.64. The first-order chi connectivity index (χ1) is 7.11. The first kappa shape index (κ1) is 12.9. The summed E-state index contributed by atoms with van der Waals surface area (Å²) in [6, 6.07) is 0.849. The van der Waals surface area contributed by atoms with Crippen molar-refractivity contribution in [1.82, 2.24) is 10.2 Å². The van der Waals surface area contributed by atoms with Gasteiger partial charge in [-0.05, 0) is 26.3 Å². The molecule has 1 fully saturated rings. The van der Waals surface area contributed by atoms with E-state index < -0.39 is 0 Å². The van der Waals surface area contributed by atoms with Crippen molar-refractivity contribution in [2.24, 2.45) is 5.41 Å². The summed E-state index contributed by atoms with van der Waals surface area (Å²) < 4.78 is 0. The maximum absolute atomic E-state index is 9.24. The van der Waals surface area contributed by atoms with Crippen LogP contribution < -0.4 is 5.32 Å². The van der Waals surface area contributed by atoms with E-state index in [1.54, 1.807) is 0 Å². The van der Waals surface area contributed by atoms with Crippen LogP contribution in [0, 0.1) is 5.41 Å². The largest absolute Gasteiger partial charge is 0.396 e. The van der Waals surface area contributed by atoms with Gasteiger partial charge in [0.15, 0.2) is 0 Å². The quantitative estimate of drug-likeness (QED) is 0.594. The van der Waals surface area contributed by atoms with Crippen LogP contribution in [0.5, 0.6) is 0 Å². The Bertz CT molecular complexity index is 176. The van der Waals surface area contributed by atoms with Gasteiger partial charge in [0.05, 0.1) is 0 Å². The minimum atomic E-state index is 0.0537. The van der Waals surface area contributed by atoms with Crippen LogP contribution >= 0.6 is 0 Å². The van der Waals surface area contributed by atoms with Crippen LogP contribution in [-0.4, -0.2) is 49.3 Å². The number of hydrogen-bond donors (Lipinski definition) is 2. The molecule has 2 N–H and O–H groups in total. The van der Waals surface area contributed by atoms with E-state index in [0.29, 0.717) is 0 Å². The number of aliphatic hydroxyl groups is 1. The molecule has 1 atom stereocenters. The Labute approximate surface area is 93.9 Å². The van der Waals surface area contributed by atoms with Crippen molar-refractivity contribution in [3.05, 3.63) is 0 Å². The maximum Gasteiger partial charge on any atom is 0.0496 e. The molecule has 1 saturated carbocycles. The smallest absolute Gasteiger partial charge is 0.0496 e. The molecule has 0 aromatic carbocycles. The average molecular weight is 214 g/mol. The van der Waals surface area contributed by atoms with Gasteiger partial charge in [-0.25, -0.2) is 0 Å². The summed E-state index contributed by atoms with van der Waals surface area (Å²) in [6.07, 6.45) is 3.77. The first-order valence-electron chi connectivity index (χ1n) is 6.13. The first-order valence-corrected chi connectivity index (χ1v) is 6.13. The lowest BCUT2D eigenvalue weighted by molar-refractivity contribution is 0.134. The van der Waals surface area contributed by atoms with Crippen LogP contribution in [0.1, 0.15) is 33.1 Å². The van der Waals surface area contributed by atoms with Crippen LogP contribution in [0.2, 0.25) is 0 Å². The molecule has 0 saturated heterocycles. The second-order valence-electron chi connectivity index (χ2n) is 5.21. The zero-order chi connectivity index (χ0) is 11.3. The lowest BCUT2D eigenvalue weighted by Crippen LogP contribution is -2.38.